The highest BCUT2D eigenvalue weighted by Gasteiger charge is 2.20. The lowest BCUT2D eigenvalue weighted by Crippen LogP contribution is -2.14. The van der Waals surface area contributed by atoms with Crippen LogP contribution in [0.15, 0.2) is 0 Å². The van der Waals surface area contributed by atoms with E-state index >= 15 is 0 Å². The van der Waals surface area contributed by atoms with E-state index in [4.69, 9.17) is 23.7 Å². The summed E-state index contributed by atoms with van der Waals surface area (Å²) in [7, 11) is 0. The highest BCUT2D eigenvalue weighted by Crippen LogP contribution is 2.34. The van der Waals surface area contributed by atoms with Crippen molar-refractivity contribution in [2.45, 2.75) is 70.6 Å². The molecule has 2 N–H and O–H groups in total. The molecule has 0 saturated heterocycles. The van der Waals surface area contributed by atoms with Crippen LogP contribution in [0.4, 0.5) is 0 Å². The Kier molecular flexibility index (Phi) is 10.8. The molecular formula is C15H26N2. The Morgan fingerprint density at radius 1 is 0.588 bits per heavy atom. The second kappa shape index (κ2) is 11.5. The van der Waals surface area contributed by atoms with Crippen molar-refractivity contribution in [2.75, 3.05) is 0 Å². The molecule has 2 aliphatic carbocycles. The minimum atomic E-state index is 1.12. The van der Waals surface area contributed by atoms with E-state index in [9.17, 15) is 0 Å². The Hall–Kier alpha value is -1.02. The van der Waals surface area contributed by atoms with Crippen LogP contribution < -0.4 is 10.5 Å². The summed E-state index contributed by atoms with van der Waals surface area (Å²) in [5.74, 6) is 2.24. The van der Waals surface area contributed by atoms with Gasteiger partial charge in [0, 0.05) is 0 Å². The van der Waals surface area contributed by atoms with Crippen molar-refractivity contribution >= 4 is 0 Å². The zero-order chi connectivity index (χ0) is 12.9. The standard InChI is InChI=1S/C13H24.2CHN/c1-3-7-12(8-4-1)11-13-9-5-2-6-10-13;2*1-2/h12-13H,1-11H2;2*2H. The third-order valence-corrected chi connectivity index (χ3v) is 4.12. The molecule has 0 atom stereocenters. The minimum Gasteiger partial charge on any atom is -0.335 e. The average molecular weight is 234 g/mol. The monoisotopic (exact) mass is 234 g/mol. The van der Waals surface area contributed by atoms with Gasteiger partial charge >= 0.3 is 0 Å². The van der Waals surface area contributed by atoms with Gasteiger partial charge in [-0.1, -0.05) is 64.2 Å². The lowest BCUT2D eigenvalue weighted by Gasteiger charge is -2.28. The molecule has 2 nitrogen and oxygen atoms in total. The quantitative estimate of drug-likeness (QED) is 0.675. The first kappa shape index (κ1) is 16.0. The minimum absolute atomic E-state index is 1.12. The van der Waals surface area contributed by atoms with Crippen molar-refractivity contribution in [1.29, 1.82) is 0 Å². The molecule has 2 heteroatoms. The highest BCUT2D eigenvalue weighted by atomic mass is 14.3. The summed E-state index contributed by atoms with van der Waals surface area (Å²) < 4.78 is 0. The molecule has 2 fully saturated rings. The fourth-order valence-corrected chi connectivity index (χ4v) is 3.32. The molecule has 17 heavy (non-hydrogen) atoms. The third-order valence-electron chi connectivity index (χ3n) is 4.12. The van der Waals surface area contributed by atoms with Gasteiger partial charge in [0.1, 0.15) is 0 Å². The maximum Gasteiger partial charge on any atom is -0.0412 e. The van der Waals surface area contributed by atoms with Gasteiger partial charge in [-0.2, -0.15) is 0 Å². The molecule has 2 saturated carbocycles. The first-order valence-electron chi connectivity index (χ1n) is 6.95. The first-order chi connectivity index (χ1) is 8.45. The van der Waals surface area contributed by atoms with E-state index < -0.39 is 0 Å². The lowest BCUT2D eigenvalue weighted by molar-refractivity contribution is -0.100. The van der Waals surface area contributed by atoms with Crippen molar-refractivity contribution in [3.05, 3.63) is 13.1 Å². The Balaban J connectivity index is 0.000000581. The molecular weight excluding hydrogens is 208 g/mol. The number of nitrogens with one attached hydrogen (secondary N) is 2. The van der Waals surface area contributed by atoms with Crippen molar-refractivity contribution in [3.63, 3.8) is 0 Å². The average Bonchev–Trinajstić information content (AvgIpc) is 2.45. The molecule has 0 aromatic carbocycles. The van der Waals surface area contributed by atoms with Gasteiger partial charge in [-0.15, -0.1) is 0 Å². The van der Waals surface area contributed by atoms with Gasteiger partial charge in [-0.25, -0.2) is 13.1 Å². The summed E-state index contributed by atoms with van der Waals surface area (Å²) in [4.78, 5) is 0. The van der Waals surface area contributed by atoms with Gasteiger partial charge in [0.2, 0.25) is 0 Å². The maximum atomic E-state index is 5.00. The summed E-state index contributed by atoms with van der Waals surface area (Å²) in [6.45, 7) is 10.0. The van der Waals surface area contributed by atoms with Crippen LogP contribution in [0.2, 0.25) is 0 Å². The van der Waals surface area contributed by atoms with Crippen LogP contribution >= 0.6 is 0 Å². The van der Waals surface area contributed by atoms with Gasteiger partial charge in [-0.3, -0.25) is 0 Å². The van der Waals surface area contributed by atoms with Crippen LogP contribution in [0.25, 0.3) is 0 Å². The maximum absolute atomic E-state index is 5.00. The fourth-order valence-electron chi connectivity index (χ4n) is 3.32. The second-order valence-corrected chi connectivity index (χ2v) is 5.24. The van der Waals surface area contributed by atoms with Gasteiger partial charge < -0.3 is 10.5 Å². The molecule has 0 aromatic rings. The number of hydrogen-bond acceptors (Lipinski definition) is 0. The molecule has 0 aliphatic heterocycles. The Morgan fingerprint density at radius 3 is 1.18 bits per heavy atom. The zero-order valence-electron chi connectivity index (χ0n) is 10.9. The van der Waals surface area contributed by atoms with Gasteiger partial charge in [0.25, 0.3) is 0 Å². The van der Waals surface area contributed by atoms with E-state index in [0.29, 0.717) is 0 Å². The van der Waals surface area contributed by atoms with Crippen molar-refractivity contribution in [2.24, 2.45) is 11.8 Å². The van der Waals surface area contributed by atoms with E-state index in [0.717, 1.165) is 11.8 Å². The van der Waals surface area contributed by atoms with Gasteiger partial charge in [0.05, 0.1) is 0 Å². The van der Waals surface area contributed by atoms with E-state index in [1.54, 1.807) is 32.1 Å². The molecule has 0 unspecified atom stereocenters. The second-order valence-electron chi connectivity index (χ2n) is 5.24. The molecule has 0 bridgehead atoms. The number of hydrogen-bond donors (Lipinski definition) is 2. The summed E-state index contributed by atoms with van der Waals surface area (Å²) in [6.07, 6.45) is 16.9. The molecule has 0 spiro atoms. The summed E-state index contributed by atoms with van der Waals surface area (Å²) >= 11 is 0. The first-order valence-corrected chi connectivity index (χ1v) is 6.95. The predicted octanol–water partition coefficient (Wildman–Crippen LogP) is 1.23. The largest absolute Gasteiger partial charge is 0.335 e. The summed E-state index contributed by atoms with van der Waals surface area (Å²) in [6, 6.07) is 0. The summed E-state index contributed by atoms with van der Waals surface area (Å²) in [5.41, 5.74) is 0. The van der Waals surface area contributed by atoms with E-state index in [2.05, 4.69) is 0 Å². The van der Waals surface area contributed by atoms with Crippen LogP contribution in [0.3, 0.4) is 0 Å². The van der Waals surface area contributed by atoms with Crippen LogP contribution in [0.5, 0.6) is 0 Å². The predicted molar refractivity (Wildman–Crippen MR) is 66.2 cm³/mol. The molecule has 2 rings (SSSR count). The molecule has 96 valence electrons. The SMILES string of the molecule is C1CCC(CC2CCCCC2)CC1.[C-]#[NH+].[C-]#[NH+]. The van der Waals surface area contributed by atoms with E-state index in [1.807, 2.05) is 0 Å². The molecule has 0 amide bonds. The molecule has 0 aromatic heterocycles. The summed E-state index contributed by atoms with van der Waals surface area (Å²) in [5, 5.41) is 10.0. The molecule has 0 radical (unpaired) electrons. The third kappa shape index (κ3) is 7.01. The topological polar surface area (TPSA) is 47.6 Å². The fraction of sp³-hybridized carbons (Fsp3) is 0.867. The lowest BCUT2D eigenvalue weighted by atomic mass is 9.78. The Morgan fingerprint density at radius 2 is 0.882 bits per heavy atom. The zero-order valence-corrected chi connectivity index (χ0v) is 10.9. The van der Waals surface area contributed by atoms with Crippen molar-refractivity contribution in [3.8, 4) is 0 Å². The van der Waals surface area contributed by atoms with Crippen molar-refractivity contribution in [1.82, 2.24) is 0 Å². The van der Waals surface area contributed by atoms with Gasteiger partial charge in [0.15, 0.2) is 0 Å². The normalized spacial score (nSPS) is 21.4. The molecule has 2 aliphatic rings. The van der Waals surface area contributed by atoms with Crippen LogP contribution in [0, 0.1) is 25.0 Å². The van der Waals surface area contributed by atoms with Gasteiger partial charge in [-0.05, 0) is 18.3 Å². The van der Waals surface area contributed by atoms with Crippen LogP contribution in [-0.4, -0.2) is 0 Å². The van der Waals surface area contributed by atoms with E-state index in [1.165, 1.54) is 38.5 Å². The molecule has 0 heterocycles. The number of rotatable bonds is 2. The Labute approximate surface area is 107 Å². The smallest absolute Gasteiger partial charge is 0.0412 e. The van der Waals surface area contributed by atoms with Crippen LogP contribution in [-0.2, 0) is 0 Å². The van der Waals surface area contributed by atoms with E-state index in [-0.39, 0.29) is 0 Å². The van der Waals surface area contributed by atoms with Crippen molar-refractivity contribution < 1.29 is 10.5 Å². The Bertz CT molecular complexity index is 173. The van der Waals surface area contributed by atoms with Crippen LogP contribution in [0.1, 0.15) is 70.6 Å². The highest BCUT2D eigenvalue weighted by molar-refractivity contribution is 4.73.